The van der Waals surface area contributed by atoms with Gasteiger partial charge in [-0.1, -0.05) is 6.07 Å². The van der Waals surface area contributed by atoms with Crippen LogP contribution in [-0.4, -0.2) is 86.5 Å². The van der Waals surface area contributed by atoms with E-state index >= 15 is 0 Å². The van der Waals surface area contributed by atoms with E-state index in [0.29, 0.717) is 31.5 Å². The Kier molecular flexibility index (Phi) is 9.14. The minimum Gasteiger partial charge on any atom is -0.491 e. The molecule has 2 aromatic carbocycles. The van der Waals surface area contributed by atoms with Gasteiger partial charge < -0.3 is 29.4 Å². The van der Waals surface area contributed by atoms with Crippen molar-refractivity contribution in [3.63, 3.8) is 0 Å². The monoisotopic (exact) mass is 525 g/mol. The normalized spacial score (nSPS) is 23.0. The van der Waals surface area contributed by atoms with E-state index in [1.165, 1.54) is 11.1 Å². The summed E-state index contributed by atoms with van der Waals surface area (Å²) in [5.74, 6) is 1.42. The molecule has 3 aliphatic heterocycles. The van der Waals surface area contributed by atoms with E-state index < -0.39 is 6.10 Å². The molecule has 3 N–H and O–H groups in total. The fraction of sp³-hybridized carbons (Fsp3) is 0.552. The lowest BCUT2D eigenvalue weighted by Gasteiger charge is -2.30. The predicted molar refractivity (Wildman–Crippen MR) is 143 cm³/mol. The third-order valence-corrected chi connectivity index (χ3v) is 7.50. The molecular formula is C29H39N3O6. The van der Waals surface area contributed by atoms with Gasteiger partial charge in [-0.3, -0.25) is 15.0 Å². The van der Waals surface area contributed by atoms with Crippen molar-refractivity contribution in [3.05, 3.63) is 59.2 Å². The average Bonchev–Trinajstić information content (AvgIpc) is 3.36. The van der Waals surface area contributed by atoms with Crippen LogP contribution in [0.1, 0.15) is 41.3 Å². The van der Waals surface area contributed by atoms with Crippen molar-refractivity contribution < 1.29 is 28.8 Å². The highest BCUT2D eigenvalue weighted by atomic mass is 16.5. The van der Waals surface area contributed by atoms with Gasteiger partial charge in [0.15, 0.2) is 0 Å². The van der Waals surface area contributed by atoms with Gasteiger partial charge in [-0.05, 0) is 60.9 Å². The van der Waals surface area contributed by atoms with Gasteiger partial charge in [-0.2, -0.15) is 0 Å². The van der Waals surface area contributed by atoms with Crippen molar-refractivity contribution in [2.24, 2.45) is 0 Å². The van der Waals surface area contributed by atoms with Crippen LogP contribution < -0.4 is 20.1 Å². The summed E-state index contributed by atoms with van der Waals surface area (Å²) in [6, 6.07) is 13.7. The average molecular weight is 526 g/mol. The van der Waals surface area contributed by atoms with E-state index in [2.05, 4.69) is 34.6 Å². The van der Waals surface area contributed by atoms with Crippen LogP contribution >= 0.6 is 0 Å². The number of β-amino-alcohol motifs (C(OH)–C–C–N with tert-alkyl or cyclic N) is 1. The molecule has 3 aliphatic rings. The summed E-state index contributed by atoms with van der Waals surface area (Å²) in [6.07, 6.45) is 2.23. The van der Waals surface area contributed by atoms with Crippen molar-refractivity contribution >= 4 is 5.91 Å². The zero-order chi connectivity index (χ0) is 26.3. The Morgan fingerprint density at radius 2 is 1.95 bits per heavy atom. The number of benzene rings is 2. The number of carbonyl (C=O) groups excluding carboxylic acids is 1. The standard InChI is InChI=1S/C29H39N3O6/c1-20-28(37-19-31-20)18-36-27-7-4-23-16-32(11-8-22(23)14-27)17-24(33)15-30-29(34)21-2-5-25(6-3-21)38-26-9-12-35-13-10-26/h2-7,14,20,24,26,28,31,33H,8-13,15-19H2,1H3,(H,30,34)/t20?,24-,28?/m0/s1. The quantitative estimate of drug-likeness (QED) is 0.434. The number of aliphatic hydroxyl groups excluding tert-OH is 1. The molecule has 2 unspecified atom stereocenters. The lowest BCUT2D eigenvalue weighted by Crippen LogP contribution is -2.42. The topological polar surface area (TPSA) is 102 Å². The fourth-order valence-electron chi connectivity index (χ4n) is 5.11. The summed E-state index contributed by atoms with van der Waals surface area (Å²) in [5.41, 5.74) is 3.08. The number of nitrogens with one attached hydrogen (secondary N) is 2. The van der Waals surface area contributed by atoms with Gasteiger partial charge >= 0.3 is 0 Å². The molecule has 0 radical (unpaired) electrons. The van der Waals surface area contributed by atoms with E-state index in [1.807, 2.05) is 18.2 Å². The molecule has 2 aromatic rings. The molecular weight excluding hydrogens is 486 g/mol. The Hall–Kier alpha value is -2.69. The molecule has 0 aliphatic carbocycles. The largest absolute Gasteiger partial charge is 0.491 e. The van der Waals surface area contributed by atoms with Crippen LogP contribution in [-0.2, 0) is 22.4 Å². The Bertz CT molecular complexity index is 1060. The first-order valence-corrected chi connectivity index (χ1v) is 13.7. The number of hydrogen-bond donors (Lipinski definition) is 3. The van der Waals surface area contributed by atoms with E-state index in [0.717, 1.165) is 57.1 Å². The van der Waals surface area contributed by atoms with Gasteiger partial charge in [-0.15, -0.1) is 0 Å². The summed E-state index contributed by atoms with van der Waals surface area (Å²) in [5, 5.41) is 16.7. The van der Waals surface area contributed by atoms with Crippen molar-refractivity contribution in [2.45, 2.75) is 57.1 Å². The number of nitrogens with zero attached hydrogens (tertiary/aromatic N) is 1. The van der Waals surface area contributed by atoms with Gasteiger partial charge in [0.2, 0.25) is 0 Å². The van der Waals surface area contributed by atoms with E-state index in [1.54, 1.807) is 12.1 Å². The molecule has 9 heteroatoms. The Balaban J connectivity index is 1.03. The molecule has 2 saturated heterocycles. The van der Waals surface area contributed by atoms with Gasteiger partial charge in [0, 0.05) is 50.6 Å². The molecule has 9 nitrogen and oxygen atoms in total. The summed E-state index contributed by atoms with van der Waals surface area (Å²) in [6.45, 7) is 6.97. The predicted octanol–water partition coefficient (Wildman–Crippen LogP) is 2.11. The Labute approximate surface area is 224 Å². The van der Waals surface area contributed by atoms with Crippen molar-refractivity contribution in [1.82, 2.24) is 15.5 Å². The first-order valence-electron chi connectivity index (χ1n) is 13.7. The maximum absolute atomic E-state index is 12.6. The zero-order valence-electron chi connectivity index (χ0n) is 22.1. The minimum atomic E-state index is -0.652. The van der Waals surface area contributed by atoms with Crippen LogP contribution in [0, 0.1) is 0 Å². The molecule has 206 valence electrons. The number of aliphatic hydroxyl groups is 1. The van der Waals surface area contributed by atoms with Crippen LogP contribution in [0.25, 0.3) is 0 Å². The number of hydrogen-bond acceptors (Lipinski definition) is 8. The smallest absolute Gasteiger partial charge is 0.251 e. The summed E-state index contributed by atoms with van der Waals surface area (Å²) < 4.78 is 22.9. The maximum atomic E-state index is 12.6. The summed E-state index contributed by atoms with van der Waals surface area (Å²) in [7, 11) is 0. The maximum Gasteiger partial charge on any atom is 0.251 e. The van der Waals surface area contributed by atoms with Crippen molar-refractivity contribution in [2.75, 3.05) is 46.2 Å². The molecule has 1 amide bonds. The molecule has 0 spiro atoms. The minimum absolute atomic E-state index is 0.0686. The van der Waals surface area contributed by atoms with Crippen LogP contribution in [0.15, 0.2) is 42.5 Å². The summed E-state index contributed by atoms with van der Waals surface area (Å²) >= 11 is 0. The van der Waals surface area contributed by atoms with Crippen LogP contribution in [0.4, 0.5) is 0 Å². The molecule has 0 saturated carbocycles. The number of fused-ring (bicyclic) bond motifs is 1. The van der Waals surface area contributed by atoms with Gasteiger partial charge in [-0.25, -0.2) is 0 Å². The lowest BCUT2D eigenvalue weighted by atomic mass is 9.99. The number of amides is 1. The summed E-state index contributed by atoms with van der Waals surface area (Å²) in [4.78, 5) is 14.8. The molecule has 5 rings (SSSR count). The second-order valence-corrected chi connectivity index (χ2v) is 10.4. The van der Waals surface area contributed by atoms with E-state index in [4.69, 9.17) is 18.9 Å². The van der Waals surface area contributed by atoms with Gasteiger partial charge in [0.1, 0.15) is 30.3 Å². The van der Waals surface area contributed by atoms with Crippen LogP contribution in [0.3, 0.4) is 0 Å². The molecule has 3 atom stereocenters. The molecule has 0 aromatic heterocycles. The Morgan fingerprint density at radius 1 is 1.16 bits per heavy atom. The first-order chi connectivity index (χ1) is 18.5. The number of carbonyl (C=O) groups is 1. The molecule has 0 bridgehead atoms. The van der Waals surface area contributed by atoms with E-state index in [9.17, 15) is 9.90 Å². The molecule has 2 fully saturated rings. The van der Waals surface area contributed by atoms with Crippen molar-refractivity contribution in [1.29, 1.82) is 0 Å². The van der Waals surface area contributed by atoms with Gasteiger partial charge in [0.05, 0.1) is 26.0 Å². The first kappa shape index (κ1) is 26.9. The second kappa shape index (κ2) is 12.9. The lowest BCUT2D eigenvalue weighted by molar-refractivity contribution is 0.0255. The molecule has 3 heterocycles. The number of ether oxygens (including phenoxy) is 4. The highest BCUT2D eigenvalue weighted by Crippen LogP contribution is 2.25. The van der Waals surface area contributed by atoms with E-state index in [-0.39, 0.29) is 24.7 Å². The van der Waals surface area contributed by atoms with Crippen LogP contribution in [0.5, 0.6) is 11.5 Å². The fourth-order valence-corrected chi connectivity index (χ4v) is 5.11. The van der Waals surface area contributed by atoms with Gasteiger partial charge in [0.25, 0.3) is 5.91 Å². The Morgan fingerprint density at radius 3 is 2.71 bits per heavy atom. The second-order valence-electron chi connectivity index (χ2n) is 10.4. The number of rotatable bonds is 10. The third kappa shape index (κ3) is 7.24. The highest BCUT2D eigenvalue weighted by Gasteiger charge is 2.25. The molecule has 38 heavy (non-hydrogen) atoms. The van der Waals surface area contributed by atoms with Crippen LogP contribution in [0.2, 0.25) is 0 Å². The highest BCUT2D eigenvalue weighted by molar-refractivity contribution is 5.94. The third-order valence-electron chi connectivity index (χ3n) is 7.50. The SMILES string of the molecule is CC1NCOC1COc1ccc2c(c1)CCN(C[C@@H](O)CNC(=O)c1ccc(OC3CCOCC3)cc1)C2. The zero-order valence-corrected chi connectivity index (χ0v) is 22.1. The van der Waals surface area contributed by atoms with Crippen molar-refractivity contribution in [3.8, 4) is 11.5 Å².